The second-order valence-corrected chi connectivity index (χ2v) is 12.8. The van der Waals surface area contributed by atoms with E-state index < -0.39 is 5.97 Å². The number of pyridine rings is 1. The minimum absolute atomic E-state index is 0.0688. The minimum Gasteiger partial charge on any atom is -0.465 e. The van der Waals surface area contributed by atoms with Crippen molar-refractivity contribution in [2.75, 3.05) is 12.4 Å². The average Bonchev–Trinajstić information content (AvgIpc) is 3.82. The summed E-state index contributed by atoms with van der Waals surface area (Å²) < 4.78 is 17.2. The summed E-state index contributed by atoms with van der Waals surface area (Å²) in [4.78, 5) is 29.6. The van der Waals surface area contributed by atoms with Gasteiger partial charge in [0.2, 0.25) is 0 Å². The van der Waals surface area contributed by atoms with Crippen LogP contribution in [0.5, 0.6) is 0 Å². The summed E-state index contributed by atoms with van der Waals surface area (Å²) in [7, 11) is 1.34. The smallest absolute Gasteiger partial charge is 0.338 e. The van der Waals surface area contributed by atoms with Gasteiger partial charge >= 0.3 is 12.0 Å². The number of hydrogen-bond donors (Lipinski definition) is 2. The van der Waals surface area contributed by atoms with E-state index in [-0.39, 0.29) is 18.2 Å². The van der Waals surface area contributed by atoms with Gasteiger partial charge in [-0.1, -0.05) is 40.5 Å². The summed E-state index contributed by atoms with van der Waals surface area (Å²) in [5.41, 5.74) is 4.59. The van der Waals surface area contributed by atoms with Gasteiger partial charge in [0.1, 0.15) is 11.5 Å². The molecule has 4 aliphatic carbocycles. The number of carbonyl (C=O) groups is 2. The predicted molar refractivity (Wildman–Crippen MR) is 170 cm³/mol. The molecule has 232 valence electrons. The van der Waals surface area contributed by atoms with Crippen LogP contribution in [-0.2, 0) is 16.1 Å². The van der Waals surface area contributed by atoms with Gasteiger partial charge in [-0.05, 0) is 85.9 Å². The molecule has 2 N–H and O–H groups in total. The lowest BCUT2D eigenvalue weighted by atomic mass is 9.60. The van der Waals surface area contributed by atoms with Gasteiger partial charge in [0.05, 0.1) is 35.4 Å². The van der Waals surface area contributed by atoms with Crippen LogP contribution in [0.15, 0.2) is 65.4 Å². The maximum Gasteiger partial charge on any atom is 0.338 e. The number of nitrogens with one attached hydrogen (secondary N) is 2. The number of halogens is 2. The van der Waals surface area contributed by atoms with Gasteiger partial charge in [-0.3, -0.25) is 4.98 Å². The number of amides is 2. The summed E-state index contributed by atoms with van der Waals surface area (Å²) in [6, 6.07) is 14.0. The number of carbonyl (C=O) groups excluding carboxylic acids is 2. The molecule has 0 saturated heterocycles. The van der Waals surface area contributed by atoms with Crippen molar-refractivity contribution in [1.82, 2.24) is 15.5 Å². The molecule has 2 aromatic heterocycles. The minimum atomic E-state index is -0.458. The molecule has 9 nitrogen and oxygen atoms in total. The van der Waals surface area contributed by atoms with Gasteiger partial charge in [-0.2, -0.15) is 0 Å². The first kappa shape index (κ1) is 29.8. The lowest BCUT2D eigenvalue weighted by Gasteiger charge is -2.52. The van der Waals surface area contributed by atoms with Gasteiger partial charge < -0.3 is 24.6 Å². The highest BCUT2D eigenvalue weighted by molar-refractivity contribution is 6.39. The highest BCUT2D eigenvalue weighted by atomic mass is 35.5. The zero-order valence-corrected chi connectivity index (χ0v) is 26.1. The van der Waals surface area contributed by atoms with E-state index in [1.807, 2.05) is 12.1 Å². The summed E-state index contributed by atoms with van der Waals surface area (Å²) in [6.45, 7) is 0.371. The molecular formula is C34H32Cl2N4O5. The molecule has 45 heavy (non-hydrogen) atoms. The van der Waals surface area contributed by atoms with E-state index in [0.717, 1.165) is 49.0 Å². The van der Waals surface area contributed by atoms with Crippen molar-refractivity contribution in [2.45, 2.75) is 56.8 Å². The van der Waals surface area contributed by atoms with Gasteiger partial charge in [0.15, 0.2) is 0 Å². The number of anilines is 1. The van der Waals surface area contributed by atoms with Crippen molar-refractivity contribution in [1.29, 1.82) is 0 Å². The van der Waals surface area contributed by atoms with E-state index in [2.05, 4.69) is 20.8 Å². The highest BCUT2D eigenvalue weighted by Gasteiger charge is 2.48. The number of methoxy groups -OCH3 is 1. The van der Waals surface area contributed by atoms with Crippen LogP contribution < -0.4 is 10.6 Å². The molecule has 4 fully saturated rings. The molecule has 2 aromatic carbocycles. The molecule has 4 aliphatic rings. The zero-order valence-electron chi connectivity index (χ0n) is 24.6. The van der Waals surface area contributed by atoms with Crippen molar-refractivity contribution >= 4 is 40.9 Å². The quantitative estimate of drug-likeness (QED) is 0.178. The van der Waals surface area contributed by atoms with Crippen molar-refractivity contribution in [3.05, 3.63) is 87.9 Å². The molecule has 2 unspecified atom stereocenters. The molecule has 2 amide bonds. The fourth-order valence-electron chi connectivity index (χ4n) is 6.74. The van der Waals surface area contributed by atoms with E-state index in [0.29, 0.717) is 62.5 Å². The van der Waals surface area contributed by atoms with Crippen LogP contribution in [0.2, 0.25) is 10.0 Å². The molecule has 0 aliphatic heterocycles. The first-order valence-electron chi connectivity index (χ1n) is 15.1. The molecule has 4 aromatic rings. The number of urea groups is 1. The zero-order chi connectivity index (χ0) is 31.1. The molecule has 2 atom stereocenters. The third-order valence-electron chi connectivity index (χ3n) is 9.14. The summed E-state index contributed by atoms with van der Waals surface area (Å²) in [5.74, 6) is 1.42. The number of esters is 1. The summed E-state index contributed by atoms with van der Waals surface area (Å²) >= 11 is 13.0. The Bertz CT molecular complexity index is 1710. The Kier molecular flexibility index (Phi) is 8.25. The van der Waals surface area contributed by atoms with Crippen LogP contribution in [0, 0.1) is 11.8 Å². The Labute approximate surface area is 270 Å². The third-order valence-corrected chi connectivity index (χ3v) is 9.77. The fourth-order valence-corrected chi connectivity index (χ4v) is 7.32. The lowest BCUT2D eigenvalue weighted by molar-refractivity contribution is -0.0743. The van der Waals surface area contributed by atoms with E-state index in [4.69, 9.17) is 37.2 Å². The van der Waals surface area contributed by atoms with Gasteiger partial charge in [-0.15, -0.1) is 0 Å². The van der Waals surface area contributed by atoms with Crippen LogP contribution in [0.3, 0.4) is 0 Å². The predicted octanol–water partition coefficient (Wildman–Crippen LogP) is 7.88. The SMILES string of the molecule is COC(=O)c1ccc(NC(=O)NC2C3CC(OCc4c(-c5c(Cl)cccc5Cl)noc4C4CC4)CC2C3)cc1-c1cccnc1. The monoisotopic (exact) mass is 646 g/mol. The Hall–Kier alpha value is -3.92. The molecule has 2 heterocycles. The Morgan fingerprint density at radius 3 is 2.49 bits per heavy atom. The van der Waals surface area contributed by atoms with Crippen LogP contribution in [0.1, 0.15) is 59.7 Å². The molecule has 11 heteroatoms. The highest BCUT2D eigenvalue weighted by Crippen LogP contribution is 2.49. The summed E-state index contributed by atoms with van der Waals surface area (Å²) in [6.07, 6.45) is 8.31. The van der Waals surface area contributed by atoms with Gasteiger partial charge in [0.25, 0.3) is 0 Å². The first-order chi connectivity index (χ1) is 21.9. The first-order valence-corrected chi connectivity index (χ1v) is 15.9. The van der Waals surface area contributed by atoms with E-state index in [1.165, 1.54) is 7.11 Å². The molecule has 0 radical (unpaired) electrons. The number of fused-ring (bicyclic) bond motifs is 2. The number of aromatic nitrogens is 2. The molecule has 0 spiro atoms. The van der Waals surface area contributed by atoms with E-state index >= 15 is 0 Å². The van der Waals surface area contributed by atoms with Crippen LogP contribution in [0.25, 0.3) is 22.4 Å². The van der Waals surface area contributed by atoms with E-state index in [1.54, 1.807) is 48.8 Å². The Morgan fingerprint density at radius 1 is 1.02 bits per heavy atom. The van der Waals surface area contributed by atoms with Gasteiger partial charge in [0, 0.05) is 46.7 Å². The van der Waals surface area contributed by atoms with Crippen LogP contribution >= 0.6 is 23.2 Å². The maximum absolute atomic E-state index is 13.1. The van der Waals surface area contributed by atoms with Crippen LogP contribution in [0.4, 0.5) is 10.5 Å². The number of nitrogens with zero attached hydrogens (tertiary/aromatic N) is 2. The third kappa shape index (κ3) is 6.04. The standard InChI is InChI=1S/C34H32Cl2N4O5/c1-43-33(41)24-10-9-22(15-25(24)19-4-3-11-37-16-19)38-34(42)39-30-20-12-21(30)14-23(13-20)44-17-26-31(40-45-32(26)18-7-8-18)29-27(35)5-2-6-28(29)36/h2-6,9-11,15-16,18,20-21,23,30H,7-8,12-14,17H2,1H3,(H2,38,39,42). The topological polar surface area (TPSA) is 116 Å². The lowest BCUT2D eigenvalue weighted by Crippen LogP contribution is -2.59. The normalized spacial score (nSPS) is 21.9. The number of ether oxygens (including phenoxy) is 2. The van der Waals surface area contributed by atoms with E-state index in [9.17, 15) is 9.59 Å². The van der Waals surface area contributed by atoms with Crippen molar-refractivity contribution in [2.24, 2.45) is 11.8 Å². The largest absolute Gasteiger partial charge is 0.465 e. The molecular weight excluding hydrogens is 615 g/mol. The number of rotatable bonds is 9. The second-order valence-electron chi connectivity index (χ2n) is 12.0. The maximum atomic E-state index is 13.1. The second kappa shape index (κ2) is 12.5. The molecule has 2 bridgehead atoms. The van der Waals surface area contributed by atoms with Crippen molar-refractivity contribution in [3.63, 3.8) is 0 Å². The number of hydrogen-bond acceptors (Lipinski definition) is 7. The van der Waals surface area contributed by atoms with Crippen molar-refractivity contribution < 1.29 is 23.6 Å². The fraction of sp³-hybridized carbons (Fsp3) is 0.353. The van der Waals surface area contributed by atoms with Crippen molar-refractivity contribution in [3.8, 4) is 22.4 Å². The molecule has 8 rings (SSSR count). The average molecular weight is 648 g/mol. The number of benzene rings is 2. The summed E-state index contributed by atoms with van der Waals surface area (Å²) in [5, 5.41) is 11.5. The van der Waals surface area contributed by atoms with Crippen LogP contribution in [-0.4, -0.2) is 41.4 Å². The Morgan fingerprint density at radius 2 is 1.80 bits per heavy atom. The molecule has 4 saturated carbocycles. The van der Waals surface area contributed by atoms with Gasteiger partial charge in [-0.25, -0.2) is 9.59 Å². The Balaban J connectivity index is 0.983.